The Morgan fingerprint density at radius 2 is 1.80 bits per heavy atom. The van der Waals surface area contributed by atoms with E-state index in [2.05, 4.69) is 5.32 Å². The second kappa shape index (κ2) is 7.73. The summed E-state index contributed by atoms with van der Waals surface area (Å²) in [6.45, 7) is 4.47. The topological polar surface area (TPSA) is 89.9 Å². The second-order valence-corrected chi connectivity index (χ2v) is 9.26. The van der Waals surface area contributed by atoms with Crippen LogP contribution in [0.15, 0.2) is 48.5 Å². The van der Waals surface area contributed by atoms with Crippen molar-refractivity contribution in [1.29, 1.82) is 0 Å². The lowest BCUT2D eigenvalue weighted by atomic mass is 9.92. The maximum Gasteiger partial charge on any atom is 0.325 e. The normalized spacial score (nSPS) is 20.3. The van der Waals surface area contributed by atoms with Gasteiger partial charge in [0.1, 0.15) is 18.8 Å². The van der Waals surface area contributed by atoms with Crippen molar-refractivity contribution >= 4 is 17.7 Å². The molecule has 3 aliphatic rings. The molecule has 2 aromatic carbocycles. The smallest absolute Gasteiger partial charge is 0.325 e. The zero-order chi connectivity index (χ0) is 24.3. The summed E-state index contributed by atoms with van der Waals surface area (Å²) in [6.07, 6.45) is 1.21. The summed E-state index contributed by atoms with van der Waals surface area (Å²) in [4.78, 5) is 40.7. The van der Waals surface area contributed by atoms with Crippen molar-refractivity contribution < 1.29 is 23.9 Å². The van der Waals surface area contributed by atoms with Crippen LogP contribution in [0.4, 0.5) is 4.79 Å². The number of rotatable bonds is 4. The van der Waals surface area contributed by atoms with Crippen LogP contribution in [0.3, 0.4) is 0 Å². The lowest BCUT2D eigenvalue weighted by Gasteiger charge is -2.22. The van der Waals surface area contributed by atoms with E-state index in [4.69, 9.17) is 9.47 Å². The molecule has 3 aromatic rings. The van der Waals surface area contributed by atoms with Crippen molar-refractivity contribution in [1.82, 2.24) is 14.8 Å². The lowest BCUT2D eigenvalue weighted by molar-refractivity contribution is -0.131. The van der Waals surface area contributed by atoms with Gasteiger partial charge in [-0.2, -0.15) is 0 Å². The fraction of sp³-hybridized carbons (Fsp3) is 0.296. The summed E-state index contributed by atoms with van der Waals surface area (Å²) in [5.74, 6) is 0.713. The highest BCUT2D eigenvalue weighted by Gasteiger charge is 2.55. The van der Waals surface area contributed by atoms with Gasteiger partial charge in [0.25, 0.3) is 5.91 Å². The molecule has 2 aliphatic heterocycles. The molecule has 0 saturated carbocycles. The van der Waals surface area contributed by atoms with Gasteiger partial charge in [-0.05, 0) is 56.0 Å². The number of nitrogens with zero attached hydrogens (tertiary/aromatic N) is 2. The maximum absolute atomic E-state index is 13.4. The molecule has 178 valence electrons. The third-order valence-electron chi connectivity index (χ3n) is 7.24. The highest BCUT2D eigenvalue weighted by Crippen LogP contribution is 2.41. The SMILES string of the molecule is Cc1cc(C(=O)CN2C(=O)N[C@@]3(CCc4ccccc43)C2=O)c(C)n1-c1ccc2c(c1)OCCO2. The molecular formula is C27H25N3O5. The number of carbonyl (C=O) groups is 3. The van der Waals surface area contributed by atoms with Crippen LogP contribution in [0.1, 0.15) is 39.3 Å². The van der Waals surface area contributed by atoms with E-state index in [1.165, 1.54) is 0 Å². The molecule has 8 heteroatoms. The van der Waals surface area contributed by atoms with E-state index < -0.39 is 11.6 Å². The summed E-state index contributed by atoms with van der Waals surface area (Å²) in [5.41, 5.74) is 3.72. The van der Waals surface area contributed by atoms with Gasteiger partial charge in [-0.1, -0.05) is 24.3 Å². The molecule has 1 spiro atoms. The quantitative estimate of drug-likeness (QED) is 0.465. The number of ketones is 1. The van der Waals surface area contributed by atoms with Crippen LogP contribution in [0.5, 0.6) is 11.5 Å². The molecule has 1 aliphatic carbocycles. The molecular weight excluding hydrogens is 446 g/mol. The number of Topliss-reactive ketones (excluding diaryl/α,β-unsaturated/α-hetero) is 1. The number of hydrogen-bond donors (Lipinski definition) is 1. The van der Waals surface area contributed by atoms with Gasteiger partial charge in [0, 0.05) is 28.7 Å². The molecule has 0 radical (unpaired) electrons. The third-order valence-corrected chi connectivity index (χ3v) is 7.24. The lowest BCUT2D eigenvalue weighted by Crippen LogP contribution is -2.42. The van der Waals surface area contributed by atoms with E-state index >= 15 is 0 Å². The molecule has 3 heterocycles. The molecule has 1 fully saturated rings. The molecule has 1 saturated heterocycles. The first-order valence-electron chi connectivity index (χ1n) is 11.7. The number of fused-ring (bicyclic) bond motifs is 3. The van der Waals surface area contributed by atoms with Crippen LogP contribution in [-0.2, 0) is 16.8 Å². The number of hydrogen-bond acceptors (Lipinski definition) is 5. The molecule has 8 nitrogen and oxygen atoms in total. The zero-order valence-corrected chi connectivity index (χ0v) is 19.6. The summed E-state index contributed by atoms with van der Waals surface area (Å²) in [7, 11) is 0. The van der Waals surface area contributed by atoms with Crippen LogP contribution in [0.25, 0.3) is 5.69 Å². The van der Waals surface area contributed by atoms with Gasteiger partial charge in [0.15, 0.2) is 17.3 Å². The van der Waals surface area contributed by atoms with E-state index in [1.807, 2.05) is 60.9 Å². The molecule has 35 heavy (non-hydrogen) atoms. The molecule has 3 amide bonds. The Kier molecular flexibility index (Phi) is 4.74. The van der Waals surface area contributed by atoms with Crippen molar-refractivity contribution in [3.63, 3.8) is 0 Å². The minimum Gasteiger partial charge on any atom is -0.486 e. The molecule has 1 aromatic heterocycles. The Morgan fingerprint density at radius 3 is 2.63 bits per heavy atom. The average molecular weight is 472 g/mol. The van der Waals surface area contributed by atoms with Gasteiger partial charge >= 0.3 is 6.03 Å². The highest BCUT2D eigenvalue weighted by atomic mass is 16.6. The fourth-order valence-electron chi connectivity index (χ4n) is 5.58. The Hall–Kier alpha value is -4.07. The molecule has 1 N–H and O–H groups in total. The van der Waals surface area contributed by atoms with E-state index in [1.54, 1.807) is 6.07 Å². The number of aromatic nitrogens is 1. The Morgan fingerprint density at radius 1 is 1.03 bits per heavy atom. The number of nitrogens with one attached hydrogen (secondary N) is 1. The van der Waals surface area contributed by atoms with E-state index in [0.717, 1.165) is 33.1 Å². The summed E-state index contributed by atoms with van der Waals surface area (Å²) in [6, 6.07) is 14.6. The Bertz CT molecular complexity index is 1410. The fourth-order valence-corrected chi connectivity index (χ4v) is 5.58. The maximum atomic E-state index is 13.4. The number of imide groups is 1. The van der Waals surface area contributed by atoms with Gasteiger partial charge in [0.2, 0.25) is 0 Å². The summed E-state index contributed by atoms with van der Waals surface area (Å²) >= 11 is 0. The summed E-state index contributed by atoms with van der Waals surface area (Å²) in [5, 5.41) is 2.88. The van der Waals surface area contributed by atoms with Crippen LogP contribution >= 0.6 is 0 Å². The molecule has 0 bridgehead atoms. The molecule has 6 rings (SSSR count). The first-order valence-corrected chi connectivity index (χ1v) is 11.7. The first kappa shape index (κ1) is 21.5. The zero-order valence-electron chi connectivity index (χ0n) is 19.6. The van der Waals surface area contributed by atoms with Crippen LogP contribution in [0.2, 0.25) is 0 Å². The number of benzene rings is 2. The van der Waals surface area contributed by atoms with Crippen molar-refractivity contribution in [3.8, 4) is 17.2 Å². The molecule has 0 unspecified atom stereocenters. The van der Waals surface area contributed by atoms with Crippen molar-refractivity contribution in [2.45, 2.75) is 32.2 Å². The van der Waals surface area contributed by atoms with Crippen molar-refractivity contribution in [2.24, 2.45) is 0 Å². The predicted octanol–water partition coefficient (Wildman–Crippen LogP) is 3.44. The number of urea groups is 1. The van der Waals surface area contributed by atoms with Crippen molar-refractivity contribution in [3.05, 3.63) is 76.6 Å². The highest BCUT2D eigenvalue weighted by molar-refractivity contribution is 6.12. The number of aryl methyl sites for hydroxylation is 2. The predicted molar refractivity (Wildman–Crippen MR) is 127 cm³/mol. The Balaban J connectivity index is 1.28. The Labute approximate surface area is 202 Å². The third kappa shape index (κ3) is 3.16. The van der Waals surface area contributed by atoms with Gasteiger partial charge in [-0.15, -0.1) is 0 Å². The molecule has 1 atom stereocenters. The van der Waals surface area contributed by atoms with Crippen LogP contribution in [-0.4, -0.2) is 46.9 Å². The van der Waals surface area contributed by atoms with Gasteiger partial charge in [-0.3, -0.25) is 14.5 Å². The second-order valence-electron chi connectivity index (χ2n) is 9.26. The first-order chi connectivity index (χ1) is 16.9. The van der Waals surface area contributed by atoms with E-state index in [0.29, 0.717) is 43.1 Å². The minimum absolute atomic E-state index is 0.284. The number of carbonyl (C=O) groups excluding carboxylic acids is 3. The number of ether oxygens (including phenoxy) is 2. The number of amides is 3. The van der Waals surface area contributed by atoms with Gasteiger partial charge in [0.05, 0.1) is 6.54 Å². The average Bonchev–Trinajstić information content (AvgIpc) is 3.46. The monoisotopic (exact) mass is 471 g/mol. The van der Waals surface area contributed by atoms with E-state index in [-0.39, 0.29) is 18.2 Å². The minimum atomic E-state index is -1.07. The van der Waals surface area contributed by atoms with Crippen molar-refractivity contribution in [2.75, 3.05) is 19.8 Å². The standard InChI is InChI=1S/C27H25N3O5/c1-16-13-20(17(2)30(16)19-7-8-23-24(14-19)35-12-11-34-23)22(31)15-29-25(32)27(28-26(29)33)10-9-18-5-3-4-6-21(18)27/h3-8,13-14H,9-12,15H2,1-2H3,(H,28,33)/t27-/m1/s1. The van der Waals surface area contributed by atoms with Crippen LogP contribution in [0, 0.1) is 13.8 Å². The van der Waals surface area contributed by atoms with Crippen LogP contribution < -0.4 is 14.8 Å². The van der Waals surface area contributed by atoms with Gasteiger partial charge in [-0.25, -0.2) is 4.79 Å². The summed E-state index contributed by atoms with van der Waals surface area (Å²) < 4.78 is 13.3. The van der Waals surface area contributed by atoms with E-state index in [9.17, 15) is 14.4 Å². The largest absolute Gasteiger partial charge is 0.486 e. The van der Waals surface area contributed by atoms with Gasteiger partial charge < -0.3 is 19.4 Å².